The van der Waals surface area contributed by atoms with Gasteiger partial charge in [0.25, 0.3) is 5.91 Å². The van der Waals surface area contributed by atoms with E-state index in [4.69, 9.17) is 17.0 Å². The first kappa shape index (κ1) is 21.5. The molecule has 0 bridgehead atoms. The van der Waals surface area contributed by atoms with Gasteiger partial charge in [0, 0.05) is 6.08 Å². The summed E-state index contributed by atoms with van der Waals surface area (Å²) in [7, 11) is 0. The van der Waals surface area contributed by atoms with Crippen LogP contribution in [0.3, 0.4) is 0 Å². The minimum atomic E-state index is -0.452. The molecule has 3 aromatic rings. The van der Waals surface area contributed by atoms with Gasteiger partial charge in [0.05, 0.1) is 4.47 Å². The maximum Gasteiger partial charge on any atom is 0.276 e. The molecule has 30 heavy (non-hydrogen) atoms. The SMILES string of the molecule is O=C(C=Cc1ccccc1)NC(=S)NNC(=O)COc1ccc2ccccc2c1Br. The molecule has 0 spiro atoms. The molecule has 0 unspecified atom stereocenters. The predicted octanol–water partition coefficient (Wildman–Crippen LogP) is 3.72. The number of nitrogens with one attached hydrogen (secondary N) is 3. The minimum absolute atomic E-state index is 0.0297. The molecule has 0 radical (unpaired) electrons. The van der Waals surface area contributed by atoms with Crippen molar-refractivity contribution in [3.05, 3.63) is 82.8 Å². The molecule has 152 valence electrons. The number of ether oxygens (including phenoxy) is 1. The zero-order valence-electron chi connectivity index (χ0n) is 15.7. The number of carbonyl (C=O) groups excluding carboxylic acids is 2. The first-order chi connectivity index (χ1) is 14.5. The van der Waals surface area contributed by atoms with Crippen LogP contribution >= 0.6 is 28.1 Å². The number of fused-ring (bicyclic) bond motifs is 1. The van der Waals surface area contributed by atoms with Crippen LogP contribution in [-0.2, 0) is 9.59 Å². The van der Waals surface area contributed by atoms with Crippen molar-refractivity contribution in [1.29, 1.82) is 0 Å². The Balaban J connectivity index is 1.43. The third-order valence-electron chi connectivity index (χ3n) is 3.97. The highest BCUT2D eigenvalue weighted by molar-refractivity contribution is 9.10. The van der Waals surface area contributed by atoms with Crippen molar-refractivity contribution >= 4 is 61.9 Å². The first-order valence-corrected chi connectivity index (χ1v) is 10.2. The molecule has 3 rings (SSSR count). The van der Waals surface area contributed by atoms with E-state index in [1.165, 1.54) is 6.08 Å². The maximum atomic E-state index is 12.0. The first-order valence-electron chi connectivity index (χ1n) is 8.96. The van der Waals surface area contributed by atoms with Crippen LogP contribution in [0.25, 0.3) is 16.8 Å². The fraction of sp³-hybridized carbons (Fsp3) is 0.0455. The molecular formula is C22H18BrN3O3S. The lowest BCUT2D eigenvalue weighted by molar-refractivity contribution is -0.123. The zero-order valence-corrected chi connectivity index (χ0v) is 18.1. The summed E-state index contributed by atoms with van der Waals surface area (Å²) in [6, 6.07) is 20.9. The number of hydrogen-bond acceptors (Lipinski definition) is 4. The molecule has 0 saturated heterocycles. The lowest BCUT2D eigenvalue weighted by Crippen LogP contribution is -2.49. The summed E-state index contributed by atoms with van der Waals surface area (Å²) in [6.07, 6.45) is 3.01. The van der Waals surface area contributed by atoms with Crippen molar-refractivity contribution in [2.45, 2.75) is 0 Å². The van der Waals surface area contributed by atoms with E-state index in [2.05, 4.69) is 32.1 Å². The zero-order chi connectivity index (χ0) is 21.3. The van der Waals surface area contributed by atoms with Crippen LogP contribution in [0.4, 0.5) is 0 Å². The Kier molecular flexibility index (Phi) is 7.53. The lowest BCUT2D eigenvalue weighted by Gasteiger charge is -2.12. The van der Waals surface area contributed by atoms with E-state index in [-0.39, 0.29) is 11.7 Å². The Morgan fingerprint density at radius 2 is 1.70 bits per heavy atom. The molecule has 3 aromatic carbocycles. The molecule has 0 heterocycles. The van der Waals surface area contributed by atoms with Crippen molar-refractivity contribution in [3.8, 4) is 5.75 Å². The molecule has 0 aliphatic heterocycles. The average Bonchev–Trinajstić information content (AvgIpc) is 2.77. The van der Waals surface area contributed by atoms with Crippen molar-refractivity contribution < 1.29 is 14.3 Å². The summed E-state index contributed by atoms with van der Waals surface area (Å²) in [6.45, 7) is -0.228. The van der Waals surface area contributed by atoms with Crippen LogP contribution in [0, 0.1) is 0 Å². The highest BCUT2D eigenvalue weighted by Gasteiger charge is 2.09. The molecule has 0 aromatic heterocycles. The second kappa shape index (κ2) is 10.5. The smallest absolute Gasteiger partial charge is 0.276 e. The van der Waals surface area contributed by atoms with E-state index < -0.39 is 11.8 Å². The van der Waals surface area contributed by atoms with Gasteiger partial charge in [0.2, 0.25) is 5.91 Å². The van der Waals surface area contributed by atoms with Gasteiger partial charge in [0.15, 0.2) is 11.7 Å². The Morgan fingerprint density at radius 3 is 2.50 bits per heavy atom. The Bertz CT molecular complexity index is 1100. The van der Waals surface area contributed by atoms with Crippen LogP contribution in [0.15, 0.2) is 77.3 Å². The summed E-state index contributed by atoms with van der Waals surface area (Å²) in [5.74, 6) is -0.320. The van der Waals surface area contributed by atoms with E-state index in [1.807, 2.05) is 60.7 Å². The quantitative estimate of drug-likeness (QED) is 0.292. The van der Waals surface area contributed by atoms with Crippen molar-refractivity contribution in [2.75, 3.05) is 6.61 Å². The molecule has 8 heteroatoms. The van der Waals surface area contributed by atoms with Crippen molar-refractivity contribution in [3.63, 3.8) is 0 Å². The highest BCUT2D eigenvalue weighted by atomic mass is 79.9. The van der Waals surface area contributed by atoms with E-state index >= 15 is 0 Å². The van der Waals surface area contributed by atoms with E-state index in [0.29, 0.717) is 5.75 Å². The number of hydrazine groups is 1. The van der Waals surface area contributed by atoms with Gasteiger partial charge in [-0.15, -0.1) is 0 Å². The molecule has 0 atom stereocenters. The molecule has 0 aliphatic rings. The highest BCUT2D eigenvalue weighted by Crippen LogP contribution is 2.32. The Hall–Kier alpha value is -3.23. The Labute approximate surface area is 187 Å². The molecule has 2 amide bonds. The second-order valence-corrected chi connectivity index (χ2v) is 7.32. The van der Waals surface area contributed by atoms with Gasteiger partial charge in [-0.3, -0.25) is 25.8 Å². The summed E-state index contributed by atoms with van der Waals surface area (Å²) < 4.78 is 6.34. The monoisotopic (exact) mass is 483 g/mol. The molecule has 0 fully saturated rings. The van der Waals surface area contributed by atoms with Crippen LogP contribution in [0.5, 0.6) is 5.75 Å². The van der Waals surface area contributed by atoms with Crippen LogP contribution in [0.2, 0.25) is 0 Å². The number of hydrogen-bond donors (Lipinski definition) is 3. The second-order valence-electron chi connectivity index (χ2n) is 6.12. The number of thiocarbonyl (C=S) groups is 1. The largest absolute Gasteiger partial charge is 0.483 e. The summed E-state index contributed by atoms with van der Waals surface area (Å²) in [5.41, 5.74) is 5.73. The van der Waals surface area contributed by atoms with Gasteiger partial charge < -0.3 is 4.74 Å². The van der Waals surface area contributed by atoms with Gasteiger partial charge >= 0.3 is 0 Å². The normalized spacial score (nSPS) is 10.6. The number of benzene rings is 3. The van der Waals surface area contributed by atoms with E-state index in [0.717, 1.165) is 20.8 Å². The summed E-state index contributed by atoms with van der Waals surface area (Å²) in [4.78, 5) is 23.9. The van der Waals surface area contributed by atoms with E-state index in [9.17, 15) is 9.59 Å². The van der Waals surface area contributed by atoms with Crippen LogP contribution in [-0.4, -0.2) is 23.5 Å². The van der Waals surface area contributed by atoms with Gasteiger partial charge in [0.1, 0.15) is 5.75 Å². The fourth-order valence-corrected chi connectivity index (χ4v) is 3.31. The number of amides is 2. The topological polar surface area (TPSA) is 79.5 Å². The van der Waals surface area contributed by atoms with Gasteiger partial charge in [-0.2, -0.15) is 0 Å². The van der Waals surface area contributed by atoms with E-state index in [1.54, 1.807) is 12.1 Å². The average molecular weight is 484 g/mol. The van der Waals surface area contributed by atoms with Crippen LogP contribution < -0.4 is 20.9 Å². The number of carbonyl (C=O) groups is 2. The standard InChI is InChI=1S/C22H18BrN3O3S/c23-21-17-9-5-4-8-16(17)11-12-18(21)29-14-20(28)25-26-22(30)24-19(27)13-10-15-6-2-1-3-7-15/h1-13H,14H2,(H,25,28)(H2,24,26,27,30). The van der Waals surface area contributed by atoms with Gasteiger partial charge in [-0.25, -0.2) is 0 Å². The van der Waals surface area contributed by atoms with Crippen LogP contribution in [0.1, 0.15) is 5.56 Å². The fourth-order valence-electron chi connectivity index (χ4n) is 2.55. The lowest BCUT2D eigenvalue weighted by atomic mass is 10.1. The number of rotatable bonds is 5. The van der Waals surface area contributed by atoms with Crippen molar-refractivity contribution in [2.24, 2.45) is 0 Å². The Morgan fingerprint density at radius 1 is 0.967 bits per heavy atom. The molecule has 0 saturated carbocycles. The third kappa shape index (κ3) is 6.13. The van der Waals surface area contributed by atoms with Gasteiger partial charge in [-0.1, -0.05) is 60.7 Å². The maximum absolute atomic E-state index is 12.0. The third-order valence-corrected chi connectivity index (χ3v) is 4.99. The molecular weight excluding hydrogens is 466 g/mol. The summed E-state index contributed by atoms with van der Waals surface area (Å²) in [5, 5.41) is 4.46. The number of halogens is 1. The molecule has 0 aliphatic carbocycles. The molecule has 6 nitrogen and oxygen atoms in total. The van der Waals surface area contributed by atoms with Gasteiger partial charge in [-0.05, 0) is 56.6 Å². The van der Waals surface area contributed by atoms with Crippen molar-refractivity contribution in [1.82, 2.24) is 16.2 Å². The predicted molar refractivity (Wildman–Crippen MR) is 125 cm³/mol. The summed E-state index contributed by atoms with van der Waals surface area (Å²) >= 11 is 8.50. The minimum Gasteiger partial charge on any atom is -0.483 e. The molecule has 3 N–H and O–H groups in total.